The summed E-state index contributed by atoms with van der Waals surface area (Å²) in [5.41, 5.74) is 4.17. The lowest BCUT2D eigenvalue weighted by Gasteiger charge is -2.28. The number of ether oxygens (including phenoxy) is 3. The lowest BCUT2D eigenvalue weighted by molar-refractivity contribution is -0.138. The Morgan fingerprint density at radius 1 is 1.02 bits per heavy atom. The van der Waals surface area contributed by atoms with Crippen molar-refractivity contribution in [2.24, 2.45) is 4.99 Å². The molecule has 2 aliphatic heterocycles. The van der Waals surface area contributed by atoms with E-state index in [2.05, 4.69) is 17.0 Å². The quantitative estimate of drug-likeness (QED) is 0.309. The smallest absolute Gasteiger partial charge is 0.338 e. The van der Waals surface area contributed by atoms with Crippen molar-refractivity contribution < 1.29 is 19.0 Å². The predicted molar refractivity (Wildman–Crippen MR) is 164 cm³/mol. The summed E-state index contributed by atoms with van der Waals surface area (Å²) in [6.07, 6.45) is 1.88. The number of nitrogens with zero attached hydrogens (tertiary/aromatic N) is 3. The van der Waals surface area contributed by atoms with Crippen molar-refractivity contribution in [3.8, 4) is 5.75 Å². The number of hydrogen-bond donors (Lipinski definition) is 0. The van der Waals surface area contributed by atoms with Crippen LogP contribution in [0.25, 0.3) is 11.8 Å². The molecule has 0 amide bonds. The number of thiazole rings is 1. The number of rotatable bonds is 7. The number of carbonyl (C=O) groups excluding carboxylic acids is 1. The van der Waals surface area contributed by atoms with Crippen LogP contribution in [-0.4, -0.2) is 50.6 Å². The number of esters is 1. The summed E-state index contributed by atoms with van der Waals surface area (Å²) >= 11 is 1.31. The van der Waals surface area contributed by atoms with E-state index in [9.17, 15) is 9.59 Å². The minimum atomic E-state index is -0.729. The third-order valence-corrected chi connectivity index (χ3v) is 8.36. The van der Waals surface area contributed by atoms with Gasteiger partial charge in [-0.15, -0.1) is 0 Å². The maximum Gasteiger partial charge on any atom is 0.338 e. The molecular weight excluding hydrogens is 550 g/mol. The van der Waals surface area contributed by atoms with Gasteiger partial charge in [0, 0.05) is 24.3 Å². The van der Waals surface area contributed by atoms with Gasteiger partial charge < -0.3 is 19.1 Å². The summed E-state index contributed by atoms with van der Waals surface area (Å²) in [6.45, 7) is 5.12. The minimum Gasteiger partial charge on any atom is -0.497 e. The SMILES string of the molecule is CCOC(=O)C1=C(c2ccccc2)N=c2s/c(=C/c3ccc(N4CCOCC4)cc3)c(=O)n2[C@@H]1c1ccc(OC)cc1. The van der Waals surface area contributed by atoms with Crippen LogP contribution in [0.5, 0.6) is 5.75 Å². The van der Waals surface area contributed by atoms with E-state index in [1.807, 2.05) is 72.8 Å². The standard InChI is InChI=1S/C33H31N3O5S/c1-3-41-32(38)28-29(23-7-5-4-6-8-23)34-33-36(30(28)24-11-15-26(39-2)16-12-24)31(37)27(42-33)21-22-9-13-25(14-10-22)35-17-19-40-20-18-35/h4-16,21,30H,3,17-20H2,1-2H3/b27-21+/t30-/m1/s1. The highest BCUT2D eigenvalue weighted by Gasteiger charge is 2.35. The fourth-order valence-corrected chi connectivity index (χ4v) is 6.30. The molecule has 1 aromatic heterocycles. The van der Waals surface area contributed by atoms with Gasteiger partial charge in [0.1, 0.15) is 5.75 Å². The maximum atomic E-state index is 14.1. The molecule has 0 saturated carbocycles. The zero-order valence-electron chi connectivity index (χ0n) is 23.5. The maximum absolute atomic E-state index is 14.1. The number of benzene rings is 3. The molecule has 2 aliphatic rings. The Morgan fingerprint density at radius 3 is 2.40 bits per heavy atom. The van der Waals surface area contributed by atoms with Gasteiger partial charge in [0.15, 0.2) is 4.80 Å². The fraction of sp³-hybridized carbons (Fsp3) is 0.242. The summed E-state index contributed by atoms with van der Waals surface area (Å²) in [5, 5.41) is 0. The van der Waals surface area contributed by atoms with E-state index in [0.717, 1.165) is 48.7 Å². The molecule has 9 heteroatoms. The van der Waals surface area contributed by atoms with Gasteiger partial charge >= 0.3 is 5.97 Å². The average molecular weight is 582 g/mol. The van der Waals surface area contributed by atoms with Crippen LogP contribution in [0.3, 0.4) is 0 Å². The summed E-state index contributed by atoms with van der Waals surface area (Å²) in [5.74, 6) is 0.172. The molecule has 0 bridgehead atoms. The molecule has 0 unspecified atom stereocenters. The third-order valence-electron chi connectivity index (χ3n) is 7.37. The number of anilines is 1. The molecule has 1 saturated heterocycles. The normalized spacial score (nSPS) is 17.0. The molecule has 4 aromatic rings. The Labute approximate surface area is 247 Å². The van der Waals surface area contributed by atoms with Crippen LogP contribution in [0.1, 0.15) is 29.7 Å². The lowest BCUT2D eigenvalue weighted by Crippen LogP contribution is -2.40. The summed E-state index contributed by atoms with van der Waals surface area (Å²) < 4.78 is 18.5. The summed E-state index contributed by atoms with van der Waals surface area (Å²) in [7, 11) is 1.60. The molecule has 8 nitrogen and oxygen atoms in total. The van der Waals surface area contributed by atoms with Gasteiger partial charge in [-0.2, -0.15) is 0 Å². The van der Waals surface area contributed by atoms with Gasteiger partial charge in [0.05, 0.1) is 48.8 Å². The first-order valence-corrected chi connectivity index (χ1v) is 14.7. The van der Waals surface area contributed by atoms with Crippen molar-refractivity contribution in [1.82, 2.24) is 4.57 Å². The first-order valence-electron chi connectivity index (χ1n) is 13.9. The van der Waals surface area contributed by atoms with E-state index in [0.29, 0.717) is 26.4 Å². The lowest BCUT2D eigenvalue weighted by atomic mass is 9.93. The van der Waals surface area contributed by atoms with Gasteiger partial charge in [0.25, 0.3) is 5.56 Å². The van der Waals surface area contributed by atoms with Gasteiger partial charge in [-0.1, -0.05) is 65.9 Å². The second-order valence-corrected chi connectivity index (χ2v) is 10.9. The van der Waals surface area contributed by atoms with Crippen molar-refractivity contribution in [3.05, 3.63) is 121 Å². The molecule has 0 N–H and O–H groups in total. The van der Waals surface area contributed by atoms with Gasteiger partial charge in [-0.05, 0) is 48.4 Å². The Bertz CT molecular complexity index is 1790. The van der Waals surface area contributed by atoms with E-state index in [1.54, 1.807) is 18.6 Å². The number of carbonyl (C=O) groups is 1. The second-order valence-electron chi connectivity index (χ2n) is 9.90. The predicted octanol–water partition coefficient (Wildman–Crippen LogP) is 3.78. The number of aromatic nitrogens is 1. The molecular formula is C33H31N3O5S. The molecule has 42 heavy (non-hydrogen) atoms. The van der Waals surface area contributed by atoms with Crippen LogP contribution in [-0.2, 0) is 14.3 Å². The molecule has 3 heterocycles. The molecule has 3 aromatic carbocycles. The molecule has 0 radical (unpaired) electrons. The van der Waals surface area contributed by atoms with Crippen molar-refractivity contribution in [2.75, 3.05) is 44.9 Å². The van der Waals surface area contributed by atoms with Crippen LogP contribution >= 0.6 is 11.3 Å². The zero-order chi connectivity index (χ0) is 29.1. The van der Waals surface area contributed by atoms with E-state index < -0.39 is 12.0 Å². The van der Waals surface area contributed by atoms with Gasteiger partial charge in [0.2, 0.25) is 0 Å². The number of methoxy groups -OCH3 is 1. The molecule has 0 spiro atoms. The topological polar surface area (TPSA) is 82.4 Å². The summed E-state index contributed by atoms with van der Waals surface area (Å²) in [4.78, 5) is 35.4. The highest BCUT2D eigenvalue weighted by atomic mass is 32.1. The third kappa shape index (κ3) is 5.41. The van der Waals surface area contributed by atoms with E-state index in [4.69, 9.17) is 19.2 Å². The number of fused-ring (bicyclic) bond motifs is 1. The van der Waals surface area contributed by atoms with Gasteiger partial charge in [-0.25, -0.2) is 9.79 Å². The summed E-state index contributed by atoms with van der Waals surface area (Å²) in [6, 6.07) is 24.4. The Hall–Kier alpha value is -4.47. The number of morpholine rings is 1. The van der Waals surface area contributed by atoms with E-state index in [-0.39, 0.29) is 12.2 Å². The fourth-order valence-electron chi connectivity index (χ4n) is 5.30. The highest BCUT2D eigenvalue weighted by molar-refractivity contribution is 7.07. The Balaban J connectivity index is 1.51. The van der Waals surface area contributed by atoms with Crippen LogP contribution < -0.4 is 24.5 Å². The second kappa shape index (κ2) is 12.2. The van der Waals surface area contributed by atoms with Crippen LogP contribution in [0.4, 0.5) is 5.69 Å². The van der Waals surface area contributed by atoms with Crippen molar-refractivity contribution in [2.45, 2.75) is 13.0 Å². The Kier molecular flexibility index (Phi) is 8.03. The molecule has 214 valence electrons. The molecule has 1 fully saturated rings. The van der Waals surface area contributed by atoms with Gasteiger partial charge in [-0.3, -0.25) is 9.36 Å². The molecule has 1 atom stereocenters. The van der Waals surface area contributed by atoms with Crippen LogP contribution in [0, 0.1) is 0 Å². The Morgan fingerprint density at radius 2 is 1.74 bits per heavy atom. The first kappa shape index (κ1) is 27.7. The van der Waals surface area contributed by atoms with Crippen molar-refractivity contribution >= 4 is 34.8 Å². The molecule has 0 aliphatic carbocycles. The van der Waals surface area contributed by atoms with E-state index >= 15 is 0 Å². The van der Waals surface area contributed by atoms with Crippen molar-refractivity contribution in [1.29, 1.82) is 0 Å². The number of hydrogen-bond acceptors (Lipinski definition) is 8. The largest absolute Gasteiger partial charge is 0.497 e. The van der Waals surface area contributed by atoms with Crippen molar-refractivity contribution in [3.63, 3.8) is 0 Å². The average Bonchev–Trinajstić information content (AvgIpc) is 3.35. The van der Waals surface area contributed by atoms with Crippen LogP contribution in [0.15, 0.2) is 94.2 Å². The molecule has 6 rings (SSSR count). The van der Waals surface area contributed by atoms with E-state index in [1.165, 1.54) is 11.3 Å². The zero-order valence-corrected chi connectivity index (χ0v) is 24.3. The first-order chi connectivity index (χ1) is 20.6. The van der Waals surface area contributed by atoms with Crippen LogP contribution in [0.2, 0.25) is 0 Å². The minimum absolute atomic E-state index is 0.199. The monoisotopic (exact) mass is 581 g/mol. The highest BCUT2D eigenvalue weighted by Crippen LogP contribution is 2.35.